The van der Waals surface area contributed by atoms with Gasteiger partial charge in [-0.3, -0.25) is 15.0 Å². The predicted octanol–water partition coefficient (Wildman–Crippen LogP) is 5.53. The number of amides is 2. The second-order valence-corrected chi connectivity index (χ2v) is 9.58. The van der Waals surface area contributed by atoms with Gasteiger partial charge in [-0.05, 0) is 89.0 Å². The average molecular weight is 567 g/mol. The first-order valence-electron chi connectivity index (χ1n) is 9.53. The summed E-state index contributed by atoms with van der Waals surface area (Å²) in [6.45, 7) is 6.05. The van der Waals surface area contributed by atoms with E-state index in [0.29, 0.717) is 31.1 Å². The smallest absolute Gasteiger partial charge is 0.399 e. The molecule has 0 saturated heterocycles. The molecule has 2 amide bonds. The van der Waals surface area contributed by atoms with Crippen molar-refractivity contribution in [2.75, 3.05) is 5.43 Å². The number of ether oxygens (including phenoxy) is 2. The number of nitrogens with zero attached hydrogens (tertiary/aromatic N) is 1. The van der Waals surface area contributed by atoms with Crippen molar-refractivity contribution in [2.45, 2.75) is 33.3 Å². The van der Waals surface area contributed by atoms with E-state index in [4.69, 9.17) is 9.47 Å². The molecule has 1 heterocycles. The van der Waals surface area contributed by atoms with Gasteiger partial charge in [0.1, 0.15) is 11.4 Å². The Morgan fingerprint density at radius 3 is 2.28 bits per heavy atom. The Morgan fingerprint density at radius 1 is 1.03 bits per heavy atom. The van der Waals surface area contributed by atoms with Crippen LogP contribution in [-0.4, -0.2) is 33.4 Å². The minimum absolute atomic E-state index is 0.365. The number of hydrazine groups is 1. The predicted molar refractivity (Wildman–Crippen MR) is 127 cm³/mol. The molecule has 0 saturated carbocycles. The normalized spacial score (nSPS) is 11.2. The molecule has 1 aromatic heterocycles. The third-order valence-electron chi connectivity index (χ3n) is 4.08. The van der Waals surface area contributed by atoms with Crippen LogP contribution < -0.4 is 10.2 Å². The van der Waals surface area contributed by atoms with Crippen LogP contribution in [0.15, 0.2) is 51.5 Å². The zero-order valence-electron chi connectivity index (χ0n) is 17.8. The highest BCUT2D eigenvalue weighted by atomic mass is 79.9. The second kappa shape index (κ2) is 9.33. The summed E-state index contributed by atoms with van der Waals surface area (Å²) < 4.78 is 12.2. The van der Waals surface area contributed by atoms with Crippen LogP contribution in [0.4, 0.5) is 5.69 Å². The zero-order chi connectivity index (χ0) is 23.6. The number of esters is 1. The lowest BCUT2D eigenvalue weighted by Gasteiger charge is -2.24. The fourth-order valence-corrected chi connectivity index (χ4v) is 4.10. The standard InChI is InChI=1S/C22H21Br2N3O5/c1-12(28)27(20(29)21(30)32-22(2,3)4)26-14-10-16(23)19(17(24)11-14)31-15-5-6-18-13(9-15)7-8-25-18/h5-11,25-26H,1-4H3. The molecule has 0 aliphatic rings. The summed E-state index contributed by atoms with van der Waals surface area (Å²) in [4.78, 5) is 39.7. The number of carbonyl (C=O) groups excluding carboxylic acids is 3. The first kappa shape index (κ1) is 23.8. The summed E-state index contributed by atoms with van der Waals surface area (Å²) in [7, 11) is 0. The monoisotopic (exact) mass is 565 g/mol. The van der Waals surface area contributed by atoms with Gasteiger partial charge in [0.25, 0.3) is 0 Å². The first-order valence-corrected chi connectivity index (χ1v) is 11.1. The van der Waals surface area contributed by atoms with Gasteiger partial charge in [0.2, 0.25) is 5.91 Å². The van der Waals surface area contributed by atoms with Crippen molar-refractivity contribution >= 4 is 66.2 Å². The molecule has 3 aromatic rings. The maximum Gasteiger partial charge on any atom is 0.399 e. The van der Waals surface area contributed by atoms with Crippen molar-refractivity contribution in [1.82, 2.24) is 9.99 Å². The molecular weight excluding hydrogens is 546 g/mol. The van der Waals surface area contributed by atoms with Gasteiger partial charge >= 0.3 is 11.9 Å². The minimum Gasteiger partial charge on any atom is -0.455 e. The molecular formula is C22H21Br2N3O5. The summed E-state index contributed by atoms with van der Waals surface area (Å²) in [5.41, 5.74) is 3.14. The topological polar surface area (TPSA) is 101 Å². The molecule has 168 valence electrons. The molecule has 0 aliphatic carbocycles. The number of rotatable bonds is 4. The molecule has 0 bridgehead atoms. The van der Waals surface area contributed by atoms with Gasteiger partial charge in [0, 0.05) is 24.0 Å². The molecule has 3 rings (SSSR count). The Bertz CT molecular complexity index is 1180. The Morgan fingerprint density at radius 2 is 1.69 bits per heavy atom. The summed E-state index contributed by atoms with van der Waals surface area (Å²) in [6, 6.07) is 10.8. The maximum absolute atomic E-state index is 12.4. The number of halogens is 2. The fraction of sp³-hybridized carbons (Fsp3) is 0.227. The Kier molecular flexibility index (Phi) is 6.94. The van der Waals surface area contributed by atoms with E-state index in [1.54, 1.807) is 32.9 Å². The highest BCUT2D eigenvalue weighted by Gasteiger charge is 2.30. The van der Waals surface area contributed by atoms with Crippen LogP contribution >= 0.6 is 31.9 Å². The van der Waals surface area contributed by atoms with Crippen molar-refractivity contribution in [3.05, 3.63) is 51.5 Å². The van der Waals surface area contributed by atoms with Gasteiger partial charge in [0.15, 0.2) is 5.75 Å². The van der Waals surface area contributed by atoms with E-state index in [9.17, 15) is 14.4 Å². The van der Waals surface area contributed by atoms with Crippen molar-refractivity contribution < 1.29 is 23.9 Å². The van der Waals surface area contributed by atoms with Crippen molar-refractivity contribution in [3.63, 3.8) is 0 Å². The largest absolute Gasteiger partial charge is 0.455 e. The number of aromatic amines is 1. The van der Waals surface area contributed by atoms with E-state index in [-0.39, 0.29) is 0 Å². The van der Waals surface area contributed by atoms with Gasteiger partial charge < -0.3 is 14.5 Å². The highest BCUT2D eigenvalue weighted by Crippen LogP contribution is 2.39. The number of H-pyrrole nitrogens is 1. The third kappa shape index (κ3) is 5.68. The number of imide groups is 1. The molecule has 0 fully saturated rings. The molecule has 32 heavy (non-hydrogen) atoms. The number of aromatic nitrogens is 1. The van der Waals surface area contributed by atoms with E-state index in [1.807, 2.05) is 30.5 Å². The van der Waals surface area contributed by atoms with Gasteiger partial charge in [-0.15, -0.1) is 0 Å². The first-order chi connectivity index (χ1) is 14.9. The van der Waals surface area contributed by atoms with Crippen LogP contribution in [-0.2, 0) is 19.1 Å². The summed E-state index contributed by atoms with van der Waals surface area (Å²) >= 11 is 6.90. The number of hydrogen-bond donors (Lipinski definition) is 2. The van der Waals surface area contributed by atoms with Crippen LogP contribution in [0.1, 0.15) is 27.7 Å². The van der Waals surface area contributed by atoms with Crippen LogP contribution in [0.3, 0.4) is 0 Å². The lowest BCUT2D eigenvalue weighted by Crippen LogP contribution is -2.46. The Labute approximate surface area is 201 Å². The van der Waals surface area contributed by atoms with Crippen molar-refractivity contribution in [1.29, 1.82) is 0 Å². The molecule has 8 nitrogen and oxygen atoms in total. The second-order valence-electron chi connectivity index (χ2n) is 7.87. The maximum atomic E-state index is 12.4. The summed E-state index contributed by atoms with van der Waals surface area (Å²) in [6.07, 6.45) is 1.85. The van der Waals surface area contributed by atoms with Crippen LogP contribution in [0.5, 0.6) is 11.5 Å². The van der Waals surface area contributed by atoms with Gasteiger partial charge in [0.05, 0.1) is 14.6 Å². The number of benzene rings is 2. The molecule has 10 heteroatoms. The van der Waals surface area contributed by atoms with E-state index in [2.05, 4.69) is 42.3 Å². The molecule has 0 atom stereocenters. The van der Waals surface area contributed by atoms with E-state index in [1.165, 1.54) is 0 Å². The molecule has 2 N–H and O–H groups in total. The number of fused-ring (bicyclic) bond motifs is 1. The SMILES string of the molecule is CC(=O)N(Nc1cc(Br)c(Oc2ccc3[nH]ccc3c2)c(Br)c1)C(=O)C(=O)OC(C)(C)C. The highest BCUT2D eigenvalue weighted by molar-refractivity contribution is 9.11. The lowest BCUT2D eigenvalue weighted by atomic mass is 10.2. The van der Waals surface area contributed by atoms with E-state index >= 15 is 0 Å². The minimum atomic E-state index is -1.14. The number of carbonyl (C=O) groups is 3. The number of nitrogens with one attached hydrogen (secondary N) is 2. The van der Waals surface area contributed by atoms with Crippen LogP contribution in [0.2, 0.25) is 0 Å². The van der Waals surface area contributed by atoms with Crippen molar-refractivity contribution in [3.8, 4) is 11.5 Å². The number of hydrogen-bond acceptors (Lipinski definition) is 6. The van der Waals surface area contributed by atoms with Gasteiger partial charge in [-0.25, -0.2) is 4.79 Å². The fourth-order valence-electron chi connectivity index (χ4n) is 2.75. The average Bonchev–Trinajstić information content (AvgIpc) is 3.14. The van der Waals surface area contributed by atoms with Gasteiger partial charge in [-0.2, -0.15) is 5.01 Å². The van der Waals surface area contributed by atoms with Crippen LogP contribution in [0.25, 0.3) is 10.9 Å². The number of anilines is 1. The van der Waals surface area contributed by atoms with Crippen molar-refractivity contribution in [2.24, 2.45) is 0 Å². The zero-order valence-corrected chi connectivity index (χ0v) is 21.0. The van der Waals surface area contributed by atoms with Crippen LogP contribution in [0, 0.1) is 0 Å². The molecule has 0 unspecified atom stereocenters. The molecule has 0 aliphatic heterocycles. The lowest BCUT2D eigenvalue weighted by molar-refractivity contribution is -0.169. The third-order valence-corrected chi connectivity index (χ3v) is 5.25. The summed E-state index contributed by atoms with van der Waals surface area (Å²) in [5.74, 6) is -1.81. The summed E-state index contributed by atoms with van der Waals surface area (Å²) in [5, 5.41) is 1.61. The van der Waals surface area contributed by atoms with E-state index in [0.717, 1.165) is 17.8 Å². The molecule has 0 radical (unpaired) electrons. The van der Waals surface area contributed by atoms with E-state index < -0.39 is 23.4 Å². The van der Waals surface area contributed by atoms with Gasteiger partial charge in [-0.1, -0.05) is 0 Å². The Balaban J connectivity index is 1.81. The quantitative estimate of drug-likeness (QED) is 0.245. The molecule has 2 aromatic carbocycles. The Hall–Kier alpha value is -2.85. The molecule has 0 spiro atoms.